The lowest BCUT2D eigenvalue weighted by atomic mass is 10.4. The molecule has 0 N–H and O–H groups in total. The van der Waals surface area contributed by atoms with Crippen molar-refractivity contribution >= 4 is 17.5 Å². The van der Waals surface area contributed by atoms with Crippen LogP contribution in [0.15, 0.2) is 12.4 Å². The summed E-state index contributed by atoms with van der Waals surface area (Å²) in [6.45, 7) is 4.25. The Balaban J connectivity index is 2.04. The number of rotatable bonds is 2. The highest BCUT2D eigenvalue weighted by Gasteiger charge is 2.14. The van der Waals surface area contributed by atoms with Crippen LogP contribution in [-0.4, -0.2) is 48.1 Å². The highest BCUT2D eigenvalue weighted by molar-refractivity contribution is 6.17. The second-order valence-electron chi connectivity index (χ2n) is 4.17. The maximum Gasteiger partial charge on any atom is 0.225 e. The van der Waals surface area contributed by atoms with Gasteiger partial charge in [0.1, 0.15) is 0 Å². The number of aromatic nitrogens is 2. The predicted molar refractivity (Wildman–Crippen MR) is 65.9 cm³/mol. The molecular weight excluding hydrogens is 224 g/mol. The minimum absolute atomic E-state index is 0.475. The van der Waals surface area contributed by atoms with Gasteiger partial charge >= 0.3 is 0 Å². The zero-order chi connectivity index (χ0) is 11.4. The molecule has 1 fully saturated rings. The second-order valence-corrected chi connectivity index (χ2v) is 4.44. The van der Waals surface area contributed by atoms with Crippen molar-refractivity contribution in [1.29, 1.82) is 0 Å². The summed E-state index contributed by atoms with van der Waals surface area (Å²) >= 11 is 5.71. The Hall–Kier alpha value is -0.870. The average Bonchev–Trinajstić information content (AvgIpc) is 2.54. The average molecular weight is 241 g/mol. The maximum atomic E-state index is 5.71. The van der Waals surface area contributed by atoms with E-state index in [1.165, 1.54) is 0 Å². The van der Waals surface area contributed by atoms with Crippen LogP contribution in [0, 0.1) is 0 Å². The van der Waals surface area contributed by atoms with Crippen molar-refractivity contribution in [3.05, 3.63) is 18.0 Å². The van der Waals surface area contributed by atoms with Crippen molar-refractivity contribution < 1.29 is 0 Å². The number of nitrogens with zero attached hydrogens (tertiary/aromatic N) is 4. The smallest absolute Gasteiger partial charge is 0.225 e. The molecule has 2 rings (SSSR count). The Morgan fingerprint density at radius 2 is 1.94 bits per heavy atom. The maximum absolute atomic E-state index is 5.71. The lowest BCUT2D eigenvalue weighted by Gasteiger charge is -2.20. The Morgan fingerprint density at radius 1 is 1.19 bits per heavy atom. The highest BCUT2D eigenvalue weighted by atomic mass is 35.5. The summed E-state index contributed by atoms with van der Waals surface area (Å²) in [5.41, 5.74) is 0.970. The van der Waals surface area contributed by atoms with Crippen LogP contribution in [0.25, 0.3) is 0 Å². The molecule has 1 aliphatic heterocycles. The van der Waals surface area contributed by atoms with Gasteiger partial charge in [-0.05, 0) is 20.0 Å². The zero-order valence-electron chi connectivity index (χ0n) is 9.56. The third kappa shape index (κ3) is 2.83. The molecule has 1 aromatic rings. The molecule has 88 valence electrons. The molecule has 4 nitrogen and oxygen atoms in total. The second kappa shape index (κ2) is 5.46. The third-order valence-electron chi connectivity index (χ3n) is 2.85. The Kier molecular flexibility index (Phi) is 3.96. The molecule has 0 amide bonds. The monoisotopic (exact) mass is 240 g/mol. The van der Waals surface area contributed by atoms with Crippen LogP contribution in [-0.2, 0) is 5.88 Å². The van der Waals surface area contributed by atoms with Crippen LogP contribution in [0.2, 0.25) is 0 Å². The molecule has 0 bridgehead atoms. The molecule has 0 saturated carbocycles. The minimum Gasteiger partial charge on any atom is -0.339 e. The largest absolute Gasteiger partial charge is 0.339 e. The van der Waals surface area contributed by atoms with Crippen LogP contribution in [0.1, 0.15) is 12.0 Å². The van der Waals surface area contributed by atoms with Crippen LogP contribution in [0.4, 0.5) is 5.95 Å². The molecule has 0 spiro atoms. The minimum atomic E-state index is 0.475. The summed E-state index contributed by atoms with van der Waals surface area (Å²) in [5.74, 6) is 1.30. The number of alkyl halides is 1. The van der Waals surface area contributed by atoms with Gasteiger partial charge in [0.2, 0.25) is 5.95 Å². The van der Waals surface area contributed by atoms with Crippen molar-refractivity contribution in [3.8, 4) is 0 Å². The van der Waals surface area contributed by atoms with Crippen molar-refractivity contribution in [2.24, 2.45) is 0 Å². The molecule has 2 heterocycles. The van der Waals surface area contributed by atoms with E-state index in [9.17, 15) is 0 Å². The van der Waals surface area contributed by atoms with Gasteiger partial charge in [-0.3, -0.25) is 0 Å². The number of anilines is 1. The Morgan fingerprint density at radius 3 is 2.62 bits per heavy atom. The Labute approximate surface area is 101 Å². The van der Waals surface area contributed by atoms with E-state index in [-0.39, 0.29) is 0 Å². The van der Waals surface area contributed by atoms with Gasteiger partial charge in [0.05, 0.1) is 5.88 Å². The summed E-state index contributed by atoms with van der Waals surface area (Å²) in [4.78, 5) is 13.3. The number of hydrogen-bond donors (Lipinski definition) is 0. The molecule has 0 radical (unpaired) electrons. The molecule has 0 unspecified atom stereocenters. The summed E-state index contributed by atoms with van der Waals surface area (Å²) < 4.78 is 0. The first-order valence-electron chi connectivity index (χ1n) is 5.60. The molecule has 1 aromatic heterocycles. The van der Waals surface area contributed by atoms with Crippen molar-refractivity contribution in [2.45, 2.75) is 12.3 Å². The third-order valence-corrected chi connectivity index (χ3v) is 3.16. The van der Waals surface area contributed by atoms with Gasteiger partial charge in [0, 0.05) is 37.6 Å². The van der Waals surface area contributed by atoms with Crippen LogP contribution in [0.5, 0.6) is 0 Å². The van der Waals surface area contributed by atoms with Gasteiger partial charge in [0.15, 0.2) is 0 Å². The predicted octanol–water partition coefficient (Wildman–Crippen LogP) is 1.36. The van der Waals surface area contributed by atoms with Crippen molar-refractivity contribution in [3.63, 3.8) is 0 Å². The fraction of sp³-hybridized carbons (Fsp3) is 0.636. The lowest BCUT2D eigenvalue weighted by Crippen LogP contribution is -2.30. The molecule has 0 atom stereocenters. The normalized spacial score (nSPS) is 18.5. The Bertz CT molecular complexity index is 327. The van der Waals surface area contributed by atoms with Gasteiger partial charge in [-0.2, -0.15) is 0 Å². The van der Waals surface area contributed by atoms with E-state index in [4.69, 9.17) is 11.6 Å². The van der Waals surface area contributed by atoms with E-state index in [1.807, 2.05) is 12.4 Å². The van der Waals surface area contributed by atoms with E-state index in [2.05, 4.69) is 26.8 Å². The first-order chi connectivity index (χ1) is 7.79. The number of halogens is 1. The van der Waals surface area contributed by atoms with E-state index < -0.39 is 0 Å². The first kappa shape index (κ1) is 11.6. The molecule has 5 heteroatoms. The van der Waals surface area contributed by atoms with Crippen LogP contribution in [0.3, 0.4) is 0 Å². The molecule has 1 aliphatic rings. The first-order valence-corrected chi connectivity index (χ1v) is 6.13. The molecule has 0 aliphatic carbocycles. The topological polar surface area (TPSA) is 32.3 Å². The summed E-state index contributed by atoms with van der Waals surface area (Å²) in [7, 11) is 2.15. The van der Waals surface area contributed by atoms with Gasteiger partial charge < -0.3 is 9.80 Å². The van der Waals surface area contributed by atoms with Crippen molar-refractivity contribution in [1.82, 2.24) is 14.9 Å². The highest BCUT2D eigenvalue weighted by Crippen LogP contribution is 2.11. The zero-order valence-corrected chi connectivity index (χ0v) is 10.3. The quantitative estimate of drug-likeness (QED) is 0.731. The van der Waals surface area contributed by atoms with E-state index in [0.29, 0.717) is 5.88 Å². The van der Waals surface area contributed by atoms with E-state index in [0.717, 1.165) is 44.1 Å². The summed E-state index contributed by atoms with van der Waals surface area (Å²) in [5, 5.41) is 0. The molecular formula is C11H17ClN4. The van der Waals surface area contributed by atoms with Crippen LogP contribution < -0.4 is 4.90 Å². The summed E-state index contributed by atoms with van der Waals surface area (Å²) in [6, 6.07) is 0. The number of likely N-dealkylation sites (N-methyl/N-ethyl adjacent to an activating group) is 1. The SMILES string of the molecule is CN1CCCN(c2ncc(CCl)cn2)CC1. The van der Waals surface area contributed by atoms with Gasteiger partial charge in [-0.1, -0.05) is 0 Å². The van der Waals surface area contributed by atoms with Gasteiger partial charge in [-0.15, -0.1) is 11.6 Å². The molecule has 0 aromatic carbocycles. The lowest BCUT2D eigenvalue weighted by molar-refractivity contribution is 0.360. The van der Waals surface area contributed by atoms with Gasteiger partial charge in [-0.25, -0.2) is 9.97 Å². The standard InChI is InChI=1S/C11H17ClN4/c1-15-3-2-4-16(6-5-15)11-13-8-10(7-12)9-14-11/h8-9H,2-7H2,1H3. The summed E-state index contributed by atoms with van der Waals surface area (Å²) in [6.07, 6.45) is 4.78. The fourth-order valence-corrected chi connectivity index (χ4v) is 1.96. The van der Waals surface area contributed by atoms with Crippen molar-refractivity contribution in [2.75, 3.05) is 38.1 Å². The van der Waals surface area contributed by atoms with Crippen LogP contribution >= 0.6 is 11.6 Å². The van der Waals surface area contributed by atoms with E-state index in [1.54, 1.807) is 0 Å². The molecule has 16 heavy (non-hydrogen) atoms. The number of hydrogen-bond acceptors (Lipinski definition) is 4. The fourth-order valence-electron chi connectivity index (χ4n) is 1.83. The van der Waals surface area contributed by atoms with Gasteiger partial charge in [0.25, 0.3) is 0 Å². The van der Waals surface area contributed by atoms with E-state index >= 15 is 0 Å². The molecule has 1 saturated heterocycles.